The molecule has 2 aliphatic rings. The maximum Gasteiger partial charge on any atom is 0.228 e. The monoisotopic (exact) mass is 268 g/mol. The first kappa shape index (κ1) is 13.2. The summed E-state index contributed by atoms with van der Waals surface area (Å²) in [6.07, 6.45) is 6.58. The molecule has 0 aromatic heterocycles. The predicted octanol–water partition coefficient (Wildman–Crippen LogP) is 2.91. The number of amides is 1. The van der Waals surface area contributed by atoms with E-state index in [-0.39, 0.29) is 17.9 Å². The lowest BCUT2D eigenvalue weighted by Gasteiger charge is -2.32. The molecule has 0 aliphatic heterocycles. The predicted molar refractivity (Wildman–Crippen MR) is 77.0 cm³/mol. The normalized spacial score (nSPS) is 23.1. The molecular formula is C17H20N2O. The lowest BCUT2D eigenvalue weighted by Crippen LogP contribution is -2.44. The highest BCUT2D eigenvalue weighted by Crippen LogP contribution is 2.35. The summed E-state index contributed by atoms with van der Waals surface area (Å²) < 4.78 is 0. The van der Waals surface area contributed by atoms with Crippen LogP contribution in [0.2, 0.25) is 0 Å². The van der Waals surface area contributed by atoms with Crippen molar-refractivity contribution in [2.24, 2.45) is 5.92 Å². The number of nitrogens with one attached hydrogen (secondary N) is 1. The van der Waals surface area contributed by atoms with Crippen LogP contribution in [0.4, 0.5) is 0 Å². The van der Waals surface area contributed by atoms with E-state index in [4.69, 9.17) is 0 Å². The smallest absolute Gasteiger partial charge is 0.228 e. The van der Waals surface area contributed by atoms with Crippen LogP contribution in [0.15, 0.2) is 24.3 Å². The molecule has 1 aromatic carbocycles. The summed E-state index contributed by atoms with van der Waals surface area (Å²) in [4.78, 5) is 12.3. The summed E-state index contributed by atoms with van der Waals surface area (Å²) in [7, 11) is 0. The van der Waals surface area contributed by atoms with Crippen LogP contribution in [0.1, 0.15) is 49.1 Å². The standard InChI is InChI=1S/C17H20N2O/c18-11-16(12-6-2-1-3-7-12)19-17(20)15-10-13-8-4-5-9-14(13)15/h4-5,8-9,12,15-16H,1-3,6-7,10H2,(H,19,20). The van der Waals surface area contributed by atoms with Crippen molar-refractivity contribution in [1.82, 2.24) is 5.32 Å². The van der Waals surface area contributed by atoms with Crippen molar-refractivity contribution in [3.05, 3.63) is 35.4 Å². The maximum atomic E-state index is 12.3. The Kier molecular flexibility index (Phi) is 3.73. The Hall–Kier alpha value is -1.82. The van der Waals surface area contributed by atoms with E-state index in [1.165, 1.54) is 24.8 Å². The topological polar surface area (TPSA) is 52.9 Å². The lowest BCUT2D eigenvalue weighted by molar-refractivity contribution is -0.123. The molecule has 0 saturated heterocycles. The highest BCUT2D eigenvalue weighted by Gasteiger charge is 2.34. The van der Waals surface area contributed by atoms with Crippen LogP contribution in [0.3, 0.4) is 0 Å². The summed E-state index contributed by atoms with van der Waals surface area (Å²) in [5.41, 5.74) is 2.39. The van der Waals surface area contributed by atoms with Crippen LogP contribution >= 0.6 is 0 Å². The van der Waals surface area contributed by atoms with E-state index in [9.17, 15) is 10.1 Å². The van der Waals surface area contributed by atoms with Gasteiger partial charge in [0, 0.05) is 0 Å². The number of nitrogens with zero attached hydrogens (tertiary/aromatic N) is 1. The summed E-state index contributed by atoms with van der Waals surface area (Å²) in [5, 5.41) is 12.3. The summed E-state index contributed by atoms with van der Waals surface area (Å²) >= 11 is 0. The Balaban J connectivity index is 1.63. The van der Waals surface area contributed by atoms with Crippen LogP contribution in [0, 0.1) is 17.2 Å². The third-order valence-corrected chi connectivity index (χ3v) is 4.73. The van der Waals surface area contributed by atoms with E-state index in [1.807, 2.05) is 18.2 Å². The number of hydrogen-bond donors (Lipinski definition) is 1. The van der Waals surface area contributed by atoms with Gasteiger partial charge in [0.15, 0.2) is 0 Å². The van der Waals surface area contributed by atoms with Gasteiger partial charge >= 0.3 is 0 Å². The van der Waals surface area contributed by atoms with Gasteiger partial charge in [0.1, 0.15) is 6.04 Å². The number of fused-ring (bicyclic) bond motifs is 1. The Labute approximate surface area is 120 Å². The van der Waals surface area contributed by atoms with Gasteiger partial charge < -0.3 is 5.32 Å². The summed E-state index contributed by atoms with van der Waals surface area (Å²) in [6, 6.07) is 10.1. The number of benzene rings is 1. The van der Waals surface area contributed by atoms with E-state index >= 15 is 0 Å². The van der Waals surface area contributed by atoms with Gasteiger partial charge in [-0.1, -0.05) is 43.5 Å². The SMILES string of the molecule is N#CC(NC(=O)C1Cc2ccccc21)C1CCCCC1. The molecule has 1 N–H and O–H groups in total. The molecule has 104 valence electrons. The molecule has 0 radical (unpaired) electrons. The largest absolute Gasteiger partial charge is 0.340 e. The van der Waals surface area contributed by atoms with Crippen molar-refractivity contribution in [3.63, 3.8) is 0 Å². The van der Waals surface area contributed by atoms with Gasteiger partial charge in [-0.2, -0.15) is 5.26 Å². The minimum absolute atomic E-state index is 0.0285. The zero-order valence-electron chi connectivity index (χ0n) is 11.6. The van der Waals surface area contributed by atoms with E-state index in [0.717, 1.165) is 24.8 Å². The van der Waals surface area contributed by atoms with Gasteiger partial charge in [-0.25, -0.2) is 0 Å². The number of nitriles is 1. The second-order valence-electron chi connectivity index (χ2n) is 5.97. The minimum atomic E-state index is -0.310. The molecule has 0 spiro atoms. The van der Waals surface area contributed by atoms with Gasteiger partial charge in [-0.3, -0.25) is 4.79 Å². The molecule has 2 atom stereocenters. The molecule has 3 rings (SSSR count). The van der Waals surface area contributed by atoms with E-state index < -0.39 is 0 Å². The Morgan fingerprint density at radius 3 is 2.70 bits per heavy atom. The molecule has 1 aromatic rings. The molecule has 1 fully saturated rings. The lowest BCUT2D eigenvalue weighted by atomic mass is 9.76. The average molecular weight is 268 g/mol. The third-order valence-electron chi connectivity index (χ3n) is 4.73. The van der Waals surface area contributed by atoms with Crippen LogP contribution in [-0.4, -0.2) is 11.9 Å². The fourth-order valence-electron chi connectivity index (χ4n) is 3.47. The van der Waals surface area contributed by atoms with Gasteiger partial charge in [-0.05, 0) is 36.3 Å². The second-order valence-corrected chi connectivity index (χ2v) is 5.97. The zero-order chi connectivity index (χ0) is 13.9. The Bertz CT molecular complexity index is 540. The molecule has 2 aliphatic carbocycles. The van der Waals surface area contributed by atoms with Crippen LogP contribution < -0.4 is 5.32 Å². The van der Waals surface area contributed by atoms with Crippen molar-refractivity contribution < 1.29 is 4.79 Å². The van der Waals surface area contributed by atoms with E-state index in [0.29, 0.717) is 5.92 Å². The molecular weight excluding hydrogens is 248 g/mol. The number of rotatable bonds is 3. The van der Waals surface area contributed by atoms with Crippen molar-refractivity contribution in [2.45, 2.75) is 50.5 Å². The Morgan fingerprint density at radius 2 is 2.00 bits per heavy atom. The molecule has 0 heterocycles. The molecule has 20 heavy (non-hydrogen) atoms. The highest BCUT2D eigenvalue weighted by atomic mass is 16.2. The zero-order valence-corrected chi connectivity index (χ0v) is 11.6. The molecule has 1 amide bonds. The maximum absolute atomic E-state index is 12.3. The van der Waals surface area contributed by atoms with E-state index in [1.54, 1.807) is 0 Å². The molecule has 0 bridgehead atoms. The van der Waals surface area contributed by atoms with Gasteiger partial charge in [0.05, 0.1) is 12.0 Å². The van der Waals surface area contributed by atoms with Crippen molar-refractivity contribution in [2.75, 3.05) is 0 Å². The Morgan fingerprint density at radius 1 is 1.25 bits per heavy atom. The highest BCUT2D eigenvalue weighted by molar-refractivity contribution is 5.87. The molecule has 3 heteroatoms. The van der Waals surface area contributed by atoms with Crippen molar-refractivity contribution in [3.8, 4) is 6.07 Å². The summed E-state index contributed by atoms with van der Waals surface area (Å²) in [6.45, 7) is 0. The molecule has 3 nitrogen and oxygen atoms in total. The van der Waals surface area contributed by atoms with E-state index in [2.05, 4.69) is 17.5 Å². The fraction of sp³-hybridized carbons (Fsp3) is 0.529. The average Bonchev–Trinajstić information content (AvgIpc) is 2.47. The number of hydrogen-bond acceptors (Lipinski definition) is 2. The fourth-order valence-corrected chi connectivity index (χ4v) is 3.47. The first-order valence-electron chi connectivity index (χ1n) is 7.57. The van der Waals surface area contributed by atoms with Gasteiger partial charge in [0.2, 0.25) is 5.91 Å². The molecule has 2 unspecified atom stereocenters. The van der Waals surface area contributed by atoms with Gasteiger partial charge in [0.25, 0.3) is 0 Å². The van der Waals surface area contributed by atoms with Crippen molar-refractivity contribution in [1.29, 1.82) is 5.26 Å². The van der Waals surface area contributed by atoms with Crippen molar-refractivity contribution >= 4 is 5.91 Å². The first-order chi connectivity index (χ1) is 9.79. The van der Waals surface area contributed by atoms with Crippen LogP contribution in [0.25, 0.3) is 0 Å². The minimum Gasteiger partial charge on any atom is -0.340 e. The first-order valence-corrected chi connectivity index (χ1v) is 7.57. The van der Waals surface area contributed by atoms with Crippen LogP contribution in [0.5, 0.6) is 0 Å². The number of carbonyl (C=O) groups excluding carboxylic acids is 1. The summed E-state index contributed by atoms with van der Waals surface area (Å²) in [5.74, 6) is 0.319. The van der Waals surface area contributed by atoms with Crippen LogP contribution in [-0.2, 0) is 11.2 Å². The third kappa shape index (κ3) is 2.43. The molecule has 1 saturated carbocycles. The number of carbonyl (C=O) groups is 1. The quantitative estimate of drug-likeness (QED) is 0.916. The van der Waals surface area contributed by atoms with Gasteiger partial charge in [-0.15, -0.1) is 0 Å². The second kappa shape index (κ2) is 5.66.